The van der Waals surface area contributed by atoms with Crippen LogP contribution in [0.15, 0.2) is 11.3 Å². The van der Waals surface area contributed by atoms with E-state index in [4.69, 9.17) is 5.26 Å². The van der Waals surface area contributed by atoms with Crippen molar-refractivity contribution in [3.05, 3.63) is 17.7 Å². The molecule has 0 saturated heterocycles. The number of aliphatic imine (C=N–C) groups is 1. The van der Waals surface area contributed by atoms with Crippen LogP contribution in [0.5, 0.6) is 0 Å². The molecule has 0 aromatic carbocycles. The minimum absolute atomic E-state index is 0.567. The number of hydrogen-bond donors (Lipinski definition) is 3. The van der Waals surface area contributed by atoms with E-state index in [2.05, 4.69) is 32.5 Å². The molecule has 0 atom stereocenters. The highest BCUT2D eigenvalue weighted by atomic mass is 32.2. The van der Waals surface area contributed by atoms with Crippen LogP contribution < -0.4 is 10.6 Å². The number of nitrogens with zero attached hydrogens (tertiary/aromatic N) is 3. The van der Waals surface area contributed by atoms with E-state index in [1.54, 1.807) is 18.1 Å². The predicted molar refractivity (Wildman–Crippen MR) is 83.4 cm³/mol. The highest BCUT2D eigenvalue weighted by Gasteiger charge is 2.00. The summed E-state index contributed by atoms with van der Waals surface area (Å²) in [4.78, 5) is 11.7. The molecule has 0 radical (unpaired) electrons. The first-order valence-corrected chi connectivity index (χ1v) is 7.93. The second kappa shape index (κ2) is 10.1. The number of imidazole rings is 1. The van der Waals surface area contributed by atoms with Gasteiger partial charge in [0.25, 0.3) is 0 Å². The molecule has 0 bridgehead atoms. The van der Waals surface area contributed by atoms with Gasteiger partial charge in [0.2, 0.25) is 5.96 Å². The molecule has 0 unspecified atom stereocenters. The number of guanidine groups is 1. The maximum absolute atomic E-state index is 8.65. The number of aromatic amines is 1. The number of nitrogens with one attached hydrogen (secondary N) is 3. The van der Waals surface area contributed by atoms with Gasteiger partial charge in [0.1, 0.15) is 0 Å². The van der Waals surface area contributed by atoms with Crippen LogP contribution in [0.3, 0.4) is 0 Å². The number of nitriles is 1. The van der Waals surface area contributed by atoms with E-state index in [0.29, 0.717) is 12.5 Å². The summed E-state index contributed by atoms with van der Waals surface area (Å²) in [6, 6.07) is 0. The molecule has 1 aromatic rings. The molecule has 0 aliphatic heterocycles. The van der Waals surface area contributed by atoms with E-state index in [1.807, 2.05) is 13.1 Å². The minimum Gasteiger partial charge on any atom is -0.356 e. The molecule has 0 fully saturated rings. The number of rotatable bonds is 8. The molecule has 1 rings (SSSR count). The molecule has 0 saturated carbocycles. The molecule has 0 aliphatic carbocycles. The van der Waals surface area contributed by atoms with Crippen molar-refractivity contribution in [1.82, 2.24) is 20.6 Å². The molecule has 7 heteroatoms. The third kappa shape index (κ3) is 6.48. The average Bonchev–Trinajstić information content (AvgIpc) is 2.84. The first-order valence-electron chi connectivity index (χ1n) is 6.78. The van der Waals surface area contributed by atoms with Gasteiger partial charge >= 0.3 is 0 Å². The Morgan fingerprint density at radius 2 is 2.45 bits per heavy atom. The highest BCUT2D eigenvalue weighted by Crippen LogP contribution is 2.11. The summed E-state index contributed by atoms with van der Waals surface area (Å²) in [6.45, 7) is 5.67. The smallest absolute Gasteiger partial charge is 0.204 e. The van der Waals surface area contributed by atoms with Crippen molar-refractivity contribution in [2.24, 2.45) is 4.99 Å². The van der Waals surface area contributed by atoms with Crippen molar-refractivity contribution in [2.45, 2.75) is 32.4 Å². The van der Waals surface area contributed by atoms with Gasteiger partial charge in [0.15, 0.2) is 6.19 Å². The number of H-pyrrole nitrogens is 1. The lowest BCUT2D eigenvalue weighted by molar-refractivity contribution is 0.743. The number of unbranched alkanes of at least 4 members (excludes halogenated alkanes) is 1. The SMILES string of the molecule is CCCCN/C(=N/CCSCc1nc[nH]c1C)NC#N. The number of aromatic nitrogens is 2. The lowest BCUT2D eigenvalue weighted by Gasteiger charge is -2.06. The predicted octanol–water partition coefficient (Wildman–Crippen LogP) is 1.77. The lowest BCUT2D eigenvalue weighted by Crippen LogP contribution is -2.35. The van der Waals surface area contributed by atoms with Gasteiger partial charge in [-0.05, 0) is 13.3 Å². The standard InChI is InChI=1S/C13H22N6S/c1-3-4-5-15-13(17-9-14)16-6-7-20-8-12-11(2)18-10-19-12/h10H,3-8H2,1-2H3,(H,18,19)(H2,15,16,17). The summed E-state index contributed by atoms with van der Waals surface area (Å²) >= 11 is 1.79. The fourth-order valence-corrected chi connectivity index (χ4v) is 2.35. The fourth-order valence-electron chi connectivity index (χ4n) is 1.50. The van der Waals surface area contributed by atoms with Crippen molar-refractivity contribution in [1.29, 1.82) is 5.26 Å². The maximum atomic E-state index is 8.65. The maximum Gasteiger partial charge on any atom is 0.204 e. The Labute approximate surface area is 124 Å². The zero-order valence-corrected chi connectivity index (χ0v) is 12.9. The van der Waals surface area contributed by atoms with Gasteiger partial charge in [-0.1, -0.05) is 13.3 Å². The van der Waals surface area contributed by atoms with E-state index >= 15 is 0 Å². The second-order valence-corrected chi connectivity index (χ2v) is 5.38. The molecule has 20 heavy (non-hydrogen) atoms. The molecule has 3 N–H and O–H groups in total. The Bertz CT molecular complexity index is 448. The number of hydrogen-bond acceptors (Lipinski definition) is 4. The summed E-state index contributed by atoms with van der Waals surface area (Å²) in [7, 11) is 0. The van der Waals surface area contributed by atoms with E-state index in [-0.39, 0.29) is 0 Å². The summed E-state index contributed by atoms with van der Waals surface area (Å²) in [5, 5.41) is 14.4. The van der Waals surface area contributed by atoms with Crippen LogP contribution in [0.1, 0.15) is 31.2 Å². The van der Waals surface area contributed by atoms with E-state index in [9.17, 15) is 0 Å². The molecular formula is C13H22N6S. The van der Waals surface area contributed by atoms with Crippen molar-refractivity contribution < 1.29 is 0 Å². The van der Waals surface area contributed by atoms with E-state index < -0.39 is 0 Å². The summed E-state index contributed by atoms with van der Waals surface area (Å²) in [5.74, 6) is 2.35. The first kappa shape index (κ1) is 16.4. The summed E-state index contributed by atoms with van der Waals surface area (Å²) in [6.07, 6.45) is 5.80. The van der Waals surface area contributed by atoms with E-state index in [0.717, 1.165) is 42.3 Å². The summed E-state index contributed by atoms with van der Waals surface area (Å²) < 4.78 is 0. The molecule has 6 nitrogen and oxygen atoms in total. The van der Waals surface area contributed by atoms with Crippen LogP contribution in [0.25, 0.3) is 0 Å². The Kier molecular flexibility index (Phi) is 8.31. The lowest BCUT2D eigenvalue weighted by atomic mass is 10.3. The van der Waals surface area contributed by atoms with Crippen molar-refractivity contribution in [2.75, 3.05) is 18.8 Å². The quantitative estimate of drug-likeness (QED) is 0.223. The Balaban J connectivity index is 2.22. The topological polar surface area (TPSA) is 88.9 Å². The van der Waals surface area contributed by atoms with Gasteiger partial charge in [-0.3, -0.25) is 10.3 Å². The minimum atomic E-state index is 0.567. The van der Waals surface area contributed by atoms with Crippen molar-refractivity contribution in [3.63, 3.8) is 0 Å². The van der Waals surface area contributed by atoms with Crippen LogP contribution in [0.4, 0.5) is 0 Å². The van der Waals surface area contributed by atoms with Crippen LogP contribution in [-0.4, -0.2) is 34.8 Å². The molecule has 1 heterocycles. The van der Waals surface area contributed by atoms with Gasteiger partial charge in [0.05, 0.1) is 18.6 Å². The van der Waals surface area contributed by atoms with Crippen LogP contribution in [-0.2, 0) is 5.75 Å². The van der Waals surface area contributed by atoms with Crippen LogP contribution in [0.2, 0.25) is 0 Å². The Hall–Kier alpha value is -1.68. The first-order chi connectivity index (χ1) is 9.77. The van der Waals surface area contributed by atoms with E-state index in [1.165, 1.54) is 0 Å². The fraction of sp³-hybridized carbons (Fsp3) is 0.615. The molecule has 1 aromatic heterocycles. The summed E-state index contributed by atoms with van der Waals surface area (Å²) in [5.41, 5.74) is 2.21. The third-order valence-corrected chi connectivity index (χ3v) is 3.62. The second-order valence-electron chi connectivity index (χ2n) is 4.27. The normalized spacial score (nSPS) is 11.2. The number of aryl methyl sites for hydroxylation is 1. The average molecular weight is 294 g/mol. The van der Waals surface area contributed by atoms with Gasteiger partial charge in [-0.25, -0.2) is 4.98 Å². The Morgan fingerprint density at radius 1 is 1.60 bits per heavy atom. The monoisotopic (exact) mass is 294 g/mol. The number of thioether (sulfide) groups is 1. The van der Waals surface area contributed by atoms with Gasteiger partial charge in [-0.2, -0.15) is 17.0 Å². The van der Waals surface area contributed by atoms with Gasteiger partial charge in [-0.15, -0.1) is 0 Å². The molecule has 0 amide bonds. The zero-order valence-electron chi connectivity index (χ0n) is 12.1. The third-order valence-electron chi connectivity index (χ3n) is 2.68. The van der Waals surface area contributed by atoms with Crippen LogP contribution in [0, 0.1) is 18.4 Å². The molecule has 110 valence electrons. The molecular weight excluding hydrogens is 272 g/mol. The van der Waals surface area contributed by atoms with Crippen molar-refractivity contribution >= 4 is 17.7 Å². The van der Waals surface area contributed by atoms with Crippen molar-refractivity contribution in [3.8, 4) is 6.19 Å². The zero-order chi connectivity index (χ0) is 14.6. The molecule has 0 spiro atoms. The molecule has 0 aliphatic rings. The van der Waals surface area contributed by atoms with Gasteiger partial charge < -0.3 is 10.3 Å². The largest absolute Gasteiger partial charge is 0.356 e. The van der Waals surface area contributed by atoms with Gasteiger partial charge in [0, 0.05) is 23.7 Å². The van der Waals surface area contributed by atoms with Crippen LogP contribution >= 0.6 is 11.8 Å². The Morgan fingerprint density at radius 3 is 3.10 bits per heavy atom. The highest BCUT2D eigenvalue weighted by molar-refractivity contribution is 7.98.